The molecular weight excluding hydrogens is 1360 g/mol. The highest BCUT2D eigenvalue weighted by Gasteiger charge is 2.64. The Hall–Kier alpha value is -1.66. The van der Waals surface area contributed by atoms with Crippen molar-refractivity contribution in [3.63, 3.8) is 0 Å². The van der Waals surface area contributed by atoms with Crippen LogP contribution >= 0.6 is 0 Å². The fourth-order valence-corrected chi connectivity index (χ4v) is 14.0. The zero-order valence-corrected chi connectivity index (χ0v) is 48.2. The van der Waals surface area contributed by atoms with Crippen LogP contribution in [-0.2, 0) is 154 Å². The van der Waals surface area contributed by atoms with Crippen molar-refractivity contribution in [2.24, 2.45) is 0 Å². The zero-order valence-electron chi connectivity index (χ0n) is 43.3. The van der Waals surface area contributed by atoms with Gasteiger partial charge in [-0.1, -0.05) is 0 Å². The van der Waals surface area contributed by atoms with Gasteiger partial charge in [-0.25, -0.2) is 25.1 Å². The first-order valence-electron chi connectivity index (χ1n) is 25.0. The highest BCUT2D eigenvalue weighted by Crippen LogP contribution is 2.44. The van der Waals surface area contributed by atoms with Gasteiger partial charge in [0.25, 0.3) is 0 Å². The van der Waals surface area contributed by atoms with E-state index in [1.807, 2.05) is 0 Å². The monoisotopic (exact) mass is 1420 g/mol. The molecule has 9 aliphatic rings. The van der Waals surface area contributed by atoms with Gasteiger partial charge in [0.1, 0.15) is 128 Å². The van der Waals surface area contributed by atoms with Crippen LogP contribution in [0.2, 0.25) is 0 Å². The zero-order chi connectivity index (χ0) is 64.7. The van der Waals surface area contributed by atoms with E-state index in [2.05, 4.69) is 12.5 Å². The van der Waals surface area contributed by atoms with Gasteiger partial charge in [0.15, 0.2) is 56.1 Å². The Morgan fingerprint density at radius 3 is 0.909 bits per heavy atom. The van der Waals surface area contributed by atoms with Crippen LogP contribution in [0.25, 0.3) is 0 Å². The molecule has 0 spiro atoms. The molecule has 0 aromatic rings. The van der Waals surface area contributed by atoms with E-state index >= 15 is 0 Å². The minimum Gasteiger partial charge on any atom is -0.394 e. The SMILES string of the molecule is O=S(=O)(O)O[C@@H]1[C@H]2OC[C@@H](O[C@@H]1O)[C@@H]2O[C@@H]1O[C@H](CO)[C@H](OS(=O)(=O)O)[C@H](O[C@H]2O[C@@H]3CO[C@@H]([C@H]3O[C@@H]3O[C@H](CO)[C@H](OS(=O)(=O)O)[C@H](O[C@H]4O[C@@H]5CO[C@@H]([C@H]5O[C@@H]5O[C@H](CO)[C@H](OS(=O)(=O)O)[C@H](O)[C@H]5O)[C@H]4OS(=O)(=O)O)[C@H]3O)[C@H]2OS(=O)(=O)O)[C@H]1O. The molecule has 6 bridgehead atoms. The molecule has 512 valence electrons. The molecule has 14 N–H and O–H groups in total. The van der Waals surface area contributed by atoms with Crippen molar-refractivity contribution in [1.29, 1.82) is 0 Å². The highest BCUT2D eigenvalue weighted by molar-refractivity contribution is 7.82. The molecule has 0 saturated carbocycles. The van der Waals surface area contributed by atoms with Crippen LogP contribution in [0, 0.1) is 0 Å². The minimum absolute atomic E-state index is 0.488. The molecule has 0 aromatic carbocycles. The molecule has 0 amide bonds. The molecule has 9 rings (SSSR count). The summed E-state index contributed by atoms with van der Waals surface area (Å²) in [7, 11) is -33.6. The van der Waals surface area contributed by atoms with Crippen molar-refractivity contribution < 1.29 is 210 Å². The van der Waals surface area contributed by atoms with Gasteiger partial charge in [0.05, 0.1) is 39.6 Å². The van der Waals surface area contributed by atoms with Gasteiger partial charge in [-0.05, 0) is 0 Å². The summed E-state index contributed by atoms with van der Waals surface area (Å²) < 4.78 is 310. The van der Waals surface area contributed by atoms with Crippen molar-refractivity contribution in [3.8, 4) is 0 Å². The third kappa shape index (κ3) is 16.3. The van der Waals surface area contributed by atoms with Crippen molar-refractivity contribution in [3.05, 3.63) is 0 Å². The summed E-state index contributed by atoms with van der Waals surface area (Å²) in [5, 5.41) is 86.4. The lowest BCUT2D eigenvalue weighted by molar-refractivity contribution is -0.376. The van der Waals surface area contributed by atoms with E-state index in [1.54, 1.807) is 0 Å². The smallest absolute Gasteiger partial charge is 0.394 e. The summed E-state index contributed by atoms with van der Waals surface area (Å²) in [6.45, 7) is -5.78. The largest absolute Gasteiger partial charge is 0.397 e. The van der Waals surface area contributed by atoms with Crippen LogP contribution in [0.5, 0.6) is 0 Å². The predicted molar refractivity (Wildman–Crippen MR) is 252 cm³/mol. The first kappa shape index (κ1) is 70.7. The van der Waals surface area contributed by atoms with Gasteiger partial charge >= 0.3 is 62.4 Å². The van der Waals surface area contributed by atoms with Crippen molar-refractivity contribution in [2.75, 3.05) is 39.6 Å². The average Bonchev–Trinajstić information content (AvgIpc) is 1.87. The summed E-state index contributed by atoms with van der Waals surface area (Å²) in [4.78, 5) is 0. The van der Waals surface area contributed by atoms with Crippen LogP contribution in [0.15, 0.2) is 0 Å². The lowest BCUT2D eigenvalue weighted by Gasteiger charge is -2.49. The number of fused-ring (bicyclic) bond motifs is 6. The maximum Gasteiger partial charge on any atom is 0.397 e. The molecule has 30 atom stereocenters. The van der Waals surface area contributed by atoms with Crippen LogP contribution < -0.4 is 0 Å². The summed E-state index contributed by atoms with van der Waals surface area (Å²) in [5.74, 6) is 0. The van der Waals surface area contributed by atoms with E-state index in [4.69, 9.17) is 78.9 Å². The number of aliphatic hydroxyl groups excluding tert-OH is 8. The Bertz CT molecular complexity index is 3120. The topological polar surface area (TPSA) is 673 Å². The molecule has 88 heavy (non-hydrogen) atoms. The Morgan fingerprint density at radius 1 is 0.295 bits per heavy atom. The second kappa shape index (κ2) is 26.9. The Balaban J connectivity index is 0.966. The van der Waals surface area contributed by atoms with E-state index in [9.17, 15) is 119 Å². The molecule has 9 heterocycles. The normalized spacial score (nSPS) is 46.0. The highest BCUT2D eigenvalue weighted by atomic mass is 32.3. The van der Waals surface area contributed by atoms with Gasteiger partial charge in [0.2, 0.25) is 0 Å². The van der Waals surface area contributed by atoms with Crippen LogP contribution in [0.1, 0.15) is 0 Å². The van der Waals surface area contributed by atoms with Crippen LogP contribution in [-0.4, -0.2) is 343 Å². The second-order valence-electron chi connectivity index (χ2n) is 20.1. The van der Waals surface area contributed by atoms with Gasteiger partial charge in [-0.15, -0.1) is 0 Å². The average molecular weight is 1420 g/mol. The summed E-state index contributed by atoms with van der Waals surface area (Å²) in [6.07, 6.45) is -64.3. The molecular formula is C36H56O46S6. The fourth-order valence-electron chi connectivity index (χ4n) is 11.0. The molecule has 0 aliphatic carbocycles. The fraction of sp³-hybridized carbons (Fsp3) is 1.00. The van der Waals surface area contributed by atoms with Crippen molar-refractivity contribution in [1.82, 2.24) is 0 Å². The minimum atomic E-state index is -5.78. The van der Waals surface area contributed by atoms with Crippen LogP contribution in [0.4, 0.5) is 0 Å². The maximum atomic E-state index is 12.5. The molecule has 9 saturated heterocycles. The lowest BCUT2D eigenvalue weighted by Crippen LogP contribution is -2.67. The van der Waals surface area contributed by atoms with E-state index in [0.717, 1.165) is 0 Å². The Kier molecular flexibility index (Phi) is 21.6. The lowest BCUT2D eigenvalue weighted by atomic mass is 9.96. The Morgan fingerprint density at radius 2 is 0.568 bits per heavy atom. The quantitative estimate of drug-likeness (QED) is 0.0378. The molecule has 9 fully saturated rings. The number of hydrogen-bond donors (Lipinski definition) is 14. The third-order valence-corrected chi connectivity index (χ3v) is 17.2. The maximum absolute atomic E-state index is 12.5. The van der Waals surface area contributed by atoms with E-state index in [-0.39, 0.29) is 0 Å². The number of aliphatic hydroxyl groups is 8. The summed E-state index contributed by atoms with van der Waals surface area (Å²) in [6, 6.07) is 0. The number of rotatable bonds is 25. The van der Waals surface area contributed by atoms with Gasteiger partial charge in [-0.2, -0.15) is 50.5 Å². The molecule has 0 unspecified atom stereocenters. The summed E-state index contributed by atoms with van der Waals surface area (Å²) in [5.41, 5.74) is 0. The Labute approximate surface area is 494 Å². The van der Waals surface area contributed by atoms with Crippen molar-refractivity contribution in [2.45, 2.75) is 184 Å². The van der Waals surface area contributed by atoms with E-state index < -0.39 is 286 Å². The van der Waals surface area contributed by atoms with Gasteiger partial charge in [0, 0.05) is 0 Å². The molecule has 9 aliphatic heterocycles. The second-order valence-corrected chi connectivity index (χ2v) is 26.4. The van der Waals surface area contributed by atoms with E-state index in [1.165, 1.54) is 0 Å². The first-order valence-corrected chi connectivity index (χ1v) is 33.1. The van der Waals surface area contributed by atoms with Crippen LogP contribution in [0.3, 0.4) is 0 Å². The standard InChI is InChI=1S/C36H56O46S6/c37-1-7-17(77-83(45,46)47)13(40)14(41)32(67-7)72-19-11-5-64-26(19)29(81-87(57,58)59)35(70-11)76-24-16(43)34(69-9(3-39)22(24)79-85(51,52)53)74-20-12-6-65-27(20)30(82-88(60,61)62)36(71-12)75-23-15(42)33(68-8(2-38)21(23)78-84(48,49)50)73-18-10-4-63-25(18)28(31(44)66-10)80-86(54,55)56/h7-44H,1-6H2,(H,45,46,47)(H,48,49,50)(H,51,52,53)(H,54,55,56)(H,57,58,59)(H,60,61,62)/t7-,8-,9-,10-,11-,12-,13-,14-,15-,16-,17+,18+,19+,20+,21+,22+,23-,24-,25+,26+,27+,28-,29-,30-,31+,32+,33+,34+,35-,36-/m1/s1. The first-order chi connectivity index (χ1) is 40.7. The summed E-state index contributed by atoms with van der Waals surface area (Å²) >= 11 is 0. The number of ether oxygens (including phenoxy) is 14. The van der Waals surface area contributed by atoms with E-state index in [0.29, 0.717) is 0 Å². The molecule has 52 heteroatoms. The molecule has 0 aromatic heterocycles. The van der Waals surface area contributed by atoms with Gasteiger partial charge in [-0.3, -0.25) is 27.3 Å². The third-order valence-electron chi connectivity index (χ3n) is 14.4. The van der Waals surface area contributed by atoms with Gasteiger partial charge < -0.3 is 107 Å². The number of hydrogen-bond acceptors (Lipinski definition) is 40. The van der Waals surface area contributed by atoms with Crippen molar-refractivity contribution >= 4 is 62.4 Å². The molecule has 0 radical (unpaired) electrons. The predicted octanol–water partition coefficient (Wildman–Crippen LogP) is -12.0. The molecule has 46 nitrogen and oxygen atoms in total.